The summed E-state index contributed by atoms with van der Waals surface area (Å²) in [6.07, 6.45) is 0. The third kappa shape index (κ3) is 3.78. The molecule has 3 rings (SSSR count). The summed E-state index contributed by atoms with van der Waals surface area (Å²) in [5.74, 6) is 0.801. The Balaban J connectivity index is 1.81. The number of rotatable bonds is 5. The fourth-order valence-corrected chi connectivity index (χ4v) is 2.82. The Morgan fingerprint density at radius 2 is 1.54 bits per heavy atom. The first kappa shape index (κ1) is 16.6. The highest BCUT2D eigenvalue weighted by Crippen LogP contribution is 2.30. The van der Waals surface area contributed by atoms with Gasteiger partial charge in [0, 0.05) is 5.02 Å². The maximum absolute atomic E-state index is 6.59. The SMILES string of the molecule is CC(N)(c1cccc(Cl)c1)c1cccc(OCc2ccccc2)c1. The summed E-state index contributed by atoms with van der Waals surface area (Å²) in [5, 5.41) is 0.681. The van der Waals surface area contributed by atoms with Crippen molar-refractivity contribution in [3.05, 3.63) is 101 Å². The Bertz CT molecular complexity index is 815. The van der Waals surface area contributed by atoms with Crippen molar-refractivity contribution < 1.29 is 4.74 Å². The highest BCUT2D eigenvalue weighted by atomic mass is 35.5. The van der Waals surface area contributed by atoms with Crippen LogP contribution in [0.3, 0.4) is 0 Å². The maximum atomic E-state index is 6.59. The first-order valence-electron chi connectivity index (χ1n) is 7.88. The van der Waals surface area contributed by atoms with Gasteiger partial charge in [-0.3, -0.25) is 0 Å². The predicted octanol–water partition coefficient (Wildman–Crippen LogP) is 5.14. The molecule has 0 amide bonds. The first-order chi connectivity index (χ1) is 11.6. The lowest BCUT2D eigenvalue weighted by Gasteiger charge is -2.26. The number of nitrogens with two attached hydrogens (primary N) is 1. The molecule has 24 heavy (non-hydrogen) atoms. The van der Waals surface area contributed by atoms with Crippen LogP contribution in [0.4, 0.5) is 0 Å². The average molecular weight is 338 g/mol. The van der Waals surface area contributed by atoms with Gasteiger partial charge in [0.25, 0.3) is 0 Å². The first-order valence-corrected chi connectivity index (χ1v) is 8.26. The van der Waals surface area contributed by atoms with Crippen LogP contribution in [0.5, 0.6) is 5.75 Å². The second-order valence-corrected chi connectivity index (χ2v) is 6.45. The zero-order valence-electron chi connectivity index (χ0n) is 13.6. The molecule has 122 valence electrons. The lowest BCUT2D eigenvalue weighted by Crippen LogP contribution is -2.34. The highest BCUT2D eigenvalue weighted by molar-refractivity contribution is 6.30. The largest absolute Gasteiger partial charge is 0.489 e. The summed E-state index contributed by atoms with van der Waals surface area (Å²) in [6.45, 7) is 2.51. The molecule has 0 aromatic heterocycles. The van der Waals surface area contributed by atoms with E-state index in [1.54, 1.807) is 0 Å². The van der Waals surface area contributed by atoms with Crippen LogP contribution in [-0.2, 0) is 12.1 Å². The third-order valence-electron chi connectivity index (χ3n) is 4.11. The van der Waals surface area contributed by atoms with Crippen LogP contribution in [0.1, 0.15) is 23.6 Å². The monoisotopic (exact) mass is 337 g/mol. The quantitative estimate of drug-likeness (QED) is 0.699. The molecule has 0 radical (unpaired) electrons. The number of ether oxygens (including phenoxy) is 1. The molecular formula is C21H20ClNO. The molecule has 0 heterocycles. The number of hydrogen-bond donors (Lipinski definition) is 1. The van der Waals surface area contributed by atoms with Gasteiger partial charge < -0.3 is 10.5 Å². The van der Waals surface area contributed by atoms with E-state index in [1.807, 2.05) is 85.8 Å². The van der Waals surface area contributed by atoms with Crippen LogP contribution in [0.15, 0.2) is 78.9 Å². The van der Waals surface area contributed by atoms with Gasteiger partial charge in [-0.25, -0.2) is 0 Å². The smallest absolute Gasteiger partial charge is 0.120 e. The molecule has 0 bridgehead atoms. The van der Waals surface area contributed by atoms with E-state index in [-0.39, 0.29) is 0 Å². The summed E-state index contributed by atoms with van der Waals surface area (Å²) >= 11 is 6.11. The van der Waals surface area contributed by atoms with E-state index in [2.05, 4.69) is 0 Å². The molecule has 1 unspecified atom stereocenters. The van der Waals surface area contributed by atoms with Crippen LogP contribution in [0.25, 0.3) is 0 Å². The van der Waals surface area contributed by atoms with E-state index in [9.17, 15) is 0 Å². The lowest BCUT2D eigenvalue weighted by molar-refractivity contribution is 0.305. The highest BCUT2D eigenvalue weighted by Gasteiger charge is 2.24. The van der Waals surface area contributed by atoms with Crippen molar-refractivity contribution in [1.82, 2.24) is 0 Å². The van der Waals surface area contributed by atoms with E-state index in [0.29, 0.717) is 11.6 Å². The van der Waals surface area contributed by atoms with E-state index >= 15 is 0 Å². The fourth-order valence-electron chi connectivity index (χ4n) is 2.63. The number of halogens is 1. The molecule has 0 aliphatic rings. The van der Waals surface area contributed by atoms with Gasteiger partial charge in [0.05, 0.1) is 5.54 Å². The van der Waals surface area contributed by atoms with Crippen molar-refractivity contribution in [3.63, 3.8) is 0 Å². The van der Waals surface area contributed by atoms with Crippen molar-refractivity contribution in [2.75, 3.05) is 0 Å². The Kier molecular flexibility index (Phi) is 4.89. The Morgan fingerprint density at radius 1 is 0.875 bits per heavy atom. The van der Waals surface area contributed by atoms with Crippen molar-refractivity contribution in [3.8, 4) is 5.75 Å². The van der Waals surface area contributed by atoms with Gasteiger partial charge in [0.15, 0.2) is 0 Å². The minimum absolute atomic E-state index is 0.531. The summed E-state index contributed by atoms with van der Waals surface area (Å²) < 4.78 is 5.91. The Morgan fingerprint density at radius 3 is 2.25 bits per heavy atom. The van der Waals surface area contributed by atoms with Crippen LogP contribution in [0.2, 0.25) is 5.02 Å². The lowest BCUT2D eigenvalue weighted by atomic mass is 9.85. The third-order valence-corrected chi connectivity index (χ3v) is 4.34. The van der Waals surface area contributed by atoms with E-state index in [4.69, 9.17) is 22.1 Å². The van der Waals surface area contributed by atoms with Crippen LogP contribution in [-0.4, -0.2) is 0 Å². The zero-order valence-corrected chi connectivity index (χ0v) is 14.3. The van der Waals surface area contributed by atoms with Crippen molar-refractivity contribution in [1.29, 1.82) is 0 Å². The van der Waals surface area contributed by atoms with E-state index in [0.717, 1.165) is 22.4 Å². The Labute approximate surface area is 147 Å². The van der Waals surface area contributed by atoms with Gasteiger partial charge >= 0.3 is 0 Å². The molecule has 2 N–H and O–H groups in total. The van der Waals surface area contributed by atoms with Crippen LogP contribution >= 0.6 is 11.6 Å². The summed E-state index contributed by atoms with van der Waals surface area (Å²) in [5.41, 5.74) is 9.03. The van der Waals surface area contributed by atoms with Gasteiger partial charge in [-0.05, 0) is 47.9 Å². The summed E-state index contributed by atoms with van der Waals surface area (Å²) in [6, 6.07) is 25.7. The minimum atomic E-state index is -0.642. The predicted molar refractivity (Wildman–Crippen MR) is 99.3 cm³/mol. The molecular weight excluding hydrogens is 318 g/mol. The molecule has 2 nitrogen and oxygen atoms in total. The molecule has 3 aromatic rings. The summed E-state index contributed by atoms with van der Waals surface area (Å²) in [4.78, 5) is 0. The van der Waals surface area contributed by atoms with Crippen molar-refractivity contribution >= 4 is 11.6 Å². The Hall–Kier alpha value is -2.29. The molecule has 0 spiro atoms. The van der Waals surface area contributed by atoms with Gasteiger partial charge in [0.2, 0.25) is 0 Å². The van der Waals surface area contributed by atoms with Crippen molar-refractivity contribution in [2.24, 2.45) is 5.73 Å². The minimum Gasteiger partial charge on any atom is -0.489 e. The topological polar surface area (TPSA) is 35.2 Å². The number of benzene rings is 3. The molecule has 1 atom stereocenters. The number of hydrogen-bond acceptors (Lipinski definition) is 2. The molecule has 0 saturated carbocycles. The average Bonchev–Trinajstić information content (AvgIpc) is 2.61. The molecule has 3 aromatic carbocycles. The molecule has 0 fully saturated rings. The van der Waals surface area contributed by atoms with Crippen molar-refractivity contribution in [2.45, 2.75) is 19.1 Å². The standard InChI is InChI=1S/C21H20ClNO/c1-21(23,17-9-5-11-19(22)13-17)18-10-6-12-20(14-18)24-15-16-7-3-2-4-8-16/h2-14H,15,23H2,1H3. The van der Waals surface area contributed by atoms with E-state index < -0.39 is 5.54 Å². The molecule has 0 aliphatic heterocycles. The zero-order chi connectivity index (χ0) is 17.0. The molecule has 3 heteroatoms. The molecule has 0 saturated heterocycles. The second-order valence-electron chi connectivity index (χ2n) is 6.01. The van der Waals surface area contributed by atoms with Gasteiger partial charge in [-0.2, -0.15) is 0 Å². The second kappa shape index (κ2) is 7.08. The van der Waals surface area contributed by atoms with E-state index in [1.165, 1.54) is 0 Å². The van der Waals surface area contributed by atoms with Gasteiger partial charge in [0.1, 0.15) is 12.4 Å². The molecule has 0 aliphatic carbocycles. The van der Waals surface area contributed by atoms with Gasteiger partial charge in [-0.1, -0.05) is 66.2 Å². The van der Waals surface area contributed by atoms with Gasteiger partial charge in [-0.15, -0.1) is 0 Å². The van der Waals surface area contributed by atoms with Crippen LogP contribution < -0.4 is 10.5 Å². The normalized spacial score (nSPS) is 13.3. The summed E-state index contributed by atoms with van der Waals surface area (Å²) in [7, 11) is 0. The van der Waals surface area contributed by atoms with Crippen LogP contribution in [0, 0.1) is 0 Å². The fraction of sp³-hybridized carbons (Fsp3) is 0.143. The maximum Gasteiger partial charge on any atom is 0.120 e.